The molecule has 0 spiro atoms. The molecule has 0 atom stereocenters. The van der Waals surface area contributed by atoms with Gasteiger partial charge in [-0.15, -0.1) is 0 Å². The lowest BCUT2D eigenvalue weighted by Gasteiger charge is -2.17. The maximum atomic E-state index is 13.1. The van der Waals surface area contributed by atoms with Crippen molar-refractivity contribution >= 4 is 39.0 Å². The number of nitro groups is 1. The molecule has 0 aromatic heterocycles. The van der Waals surface area contributed by atoms with Gasteiger partial charge in [0.2, 0.25) is 0 Å². The molecular weight excluding hydrogens is 416 g/mol. The fourth-order valence-electron chi connectivity index (χ4n) is 3.27. The number of hydrogen-bond acceptors (Lipinski definition) is 5. The van der Waals surface area contributed by atoms with Crippen LogP contribution in [0.4, 0.5) is 11.4 Å². The lowest BCUT2D eigenvalue weighted by atomic mass is 10.1. The molecule has 3 aromatic carbocycles. The fraction of sp³-hybridized carbons (Fsp3) is 0. The Bertz CT molecular complexity index is 1330. The molecular formula is C23H16N2O5S. The highest BCUT2D eigenvalue weighted by Crippen LogP contribution is 2.40. The van der Waals surface area contributed by atoms with Crippen LogP contribution in [0.25, 0.3) is 11.6 Å². The summed E-state index contributed by atoms with van der Waals surface area (Å²) in [4.78, 5) is 23.4. The molecule has 1 heterocycles. The molecule has 8 heteroatoms. The van der Waals surface area contributed by atoms with Crippen LogP contribution in [0.15, 0.2) is 95.9 Å². The van der Waals surface area contributed by atoms with Gasteiger partial charge in [-0.3, -0.25) is 14.9 Å². The smallest absolute Gasteiger partial charge is 0.268 e. The zero-order valence-electron chi connectivity index (χ0n) is 16.1. The quantitative estimate of drug-likeness (QED) is 0.338. The predicted octanol–water partition coefficient (Wildman–Crippen LogP) is 4.43. The molecule has 1 amide bonds. The number of fused-ring (bicyclic) bond motifs is 1. The molecule has 0 bridgehead atoms. The fourth-order valence-corrected chi connectivity index (χ4v) is 4.72. The number of sulfonamides is 1. The SMILES string of the molecule is O=C1C(=CC=Cc2ccc([N+](=O)[O-])cc2)c2ccccc2N1S(=O)(=O)c1ccccc1. The Kier molecular flexibility index (Phi) is 5.22. The Morgan fingerprint density at radius 2 is 1.52 bits per heavy atom. The number of anilines is 1. The van der Waals surface area contributed by atoms with Crippen molar-refractivity contribution < 1.29 is 18.1 Å². The first-order valence-corrected chi connectivity index (χ1v) is 10.7. The maximum absolute atomic E-state index is 13.1. The average Bonchev–Trinajstić information content (AvgIpc) is 3.07. The summed E-state index contributed by atoms with van der Waals surface area (Å²) in [5.41, 5.74) is 1.74. The van der Waals surface area contributed by atoms with Gasteiger partial charge in [-0.2, -0.15) is 4.31 Å². The number of amides is 1. The van der Waals surface area contributed by atoms with Crippen molar-refractivity contribution in [2.75, 3.05) is 4.31 Å². The van der Waals surface area contributed by atoms with Crippen LogP contribution < -0.4 is 4.31 Å². The van der Waals surface area contributed by atoms with Gasteiger partial charge in [-0.25, -0.2) is 8.42 Å². The van der Waals surface area contributed by atoms with Crippen LogP contribution in [0.5, 0.6) is 0 Å². The Morgan fingerprint density at radius 1 is 0.871 bits per heavy atom. The molecule has 0 saturated carbocycles. The first-order chi connectivity index (χ1) is 14.9. The number of carbonyl (C=O) groups excluding carboxylic acids is 1. The maximum Gasteiger partial charge on any atom is 0.273 e. The van der Waals surface area contributed by atoms with Gasteiger partial charge in [0, 0.05) is 17.7 Å². The molecule has 0 aliphatic carbocycles. The Balaban J connectivity index is 1.70. The second kappa shape index (κ2) is 8.00. The Morgan fingerprint density at radius 3 is 2.19 bits per heavy atom. The van der Waals surface area contributed by atoms with E-state index in [-0.39, 0.29) is 16.2 Å². The van der Waals surface area contributed by atoms with Crippen molar-refractivity contribution in [3.63, 3.8) is 0 Å². The van der Waals surface area contributed by atoms with E-state index >= 15 is 0 Å². The lowest BCUT2D eigenvalue weighted by molar-refractivity contribution is -0.384. The topological polar surface area (TPSA) is 97.6 Å². The van der Waals surface area contributed by atoms with Crippen LogP contribution in [-0.4, -0.2) is 19.2 Å². The molecule has 154 valence electrons. The molecule has 1 aliphatic rings. The average molecular weight is 432 g/mol. The molecule has 0 N–H and O–H groups in total. The molecule has 3 aromatic rings. The minimum absolute atomic E-state index is 0.0165. The van der Waals surface area contributed by atoms with Crippen LogP contribution in [0, 0.1) is 10.1 Å². The van der Waals surface area contributed by atoms with Crippen LogP contribution in [0.3, 0.4) is 0 Å². The van der Waals surface area contributed by atoms with Crippen molar-refractivity contribution in [2.24, 2.45) is 0 Å². The zero-order chi connectivity index (χ0) is 22.0. The number of carbonyl (C=O) groups is 1. The highest BCUT2D eigenvalue weighted by atomic mass is 32.2. The Labute approximate surface area is 178 Å². The van der Waals surface area contributed by atoms with Gasteiger partial charge in [0.1, 0.15) is 0 Å². The monoisotopic (exact) mass is 432 g/mol. The standard InChI is InChI=1S/C23H16N2O5S/c26-23-21(11-6-7-17-13-15-18(16-14-17)25(27)28)20-10-4-5-12-22(20)24(23)31(29,30)19-8-2-1-3-9-19/h1-16H. The molecule has 0 saturated heterocycles. The largest absolute Gasteiger partial charge is 0.273 e. The van der Waals surface area contributed by atoms with Crippen LogP contribution in [0.1, 0.15) is 11.1 Å². The number of benzene rings is 3. The molecule has 7 nitrogen and oxygen atoms in total. The highest BCUT2D eigenvalue weighted by molar-refractivity contribution is 7.93. The second-order valence-corrected chi connectivity index (χ2v) is 8.48. The molecule has 1 aliphatic heterocycles. The summed E-state index contributed by atoms with van der Waals surface area (Å²) in [6.07, 6.45) is 4.84. The van der Waals surface area contributed by atoms with E-state index in [2.05, 4.69) is 0 Å². The van der Waals surface area contributed by atoms with E-state index in [1.165, 1.54) is 24.3 Å². The first kappa shape index (κ1) is 20.2. The van der Waals surface area contributed by atoms with E-state index in [1.807, 2.05) is 0 Å². The number of nitrogens with zero attached hydrogens (tertiary/aromatic N) is 2. The van der Waals surface area contributed by atoms with Crippen molar-refractivity contribution in [2.45, 2.75) is 4.90 Å². The van der Waals surface area contributed by atoms with E-state index < -0.39 is 20.9 Å². The molecule has 31 heavy (non-hydrogen) atoms. The van der Waals surface area contributed by atoms with Crippen molar-refractivity contribution in [3.8, 4) is 0 Å². The van der Waals surface area contributed by atoms with Gasteiger partial charge < -0.3 is 0 Å². The number of non-ortho nitro benzene ring substituents is 1. The summed E-state index contributed by atoms with van der Waals surface area (Å²) < 4.78 is 27.1. The van der Waals surface area contributed by atoms with Gasteiger partial charge in [0.15, 0.2) is 0 Å². The van der Waals surface area contributed by atoms with E-state index in [4.69, 9.17) is 0 Å². The van der Waals surface area contributed by atoms with Gasteiger partial charge in [-0.05, 0) is 42.0 Å². The molecule has 0 fully saturated rings. The van der Waals surface area contributed by atoms with Crippen molar-refractivity contribution in [1.29, 1.82) is 0 Å². The lowest BCUT2D eigenvalue weighted by Crippen LogP contribution is -2.33. The summed E-state index contributed by atoms with van der Waals surface area (Å²) in [5, 5.41) is 10.8. The summed E-state index contributed by atoms with van der Waals surface area (Å²) >= 11 is 0. The third-order valence-electron chi connectivity index (χ3n) is 4.76. The predicted molar refractivity (Wildman–Crippen MR) is 118 cm³/mol. The highest BCUT2D eigenvalue weighted by Gasteiger charge is 2.40. The van der Waals surface area contributed by atoms with E-state index in [1.54, 1.807) is 72.8 Å². The minimum atomic E-state index is -4.07. The first-order valence-electron chi connectivity index (χ1n) is 9.26. The third kappa shape index (κ3) is 3.76. The number of hydrogen-bond donors (Lipinski definition) is 0. The van der Waals surface area contributed by atoms with Crippen LogP contribution in [-0.2, 0) is 14.8 Å². The van der Waals surface area contributed by atoms with E-state index in [9.17, 15) is 23.3 Å². The van der Waals surface area contributed by atoms with Gasteiger partial charge >= 0.3 is 0 Å². The summed E-state index contributed by atoms with van der Waals surface area (Å²) in [6, 6.07) is 20.4. The third-order valence-corrected chi connectivity index (χ3v) is 6.48. The van der Waals surface area contributed by atoms with Crippen LogP contribution in [0.2, 0.25) is 0 Å². The molecule has 0 unspecified atom stereocenters. The van der Waals surface area contributed by atoms with E-state index in [0.29, 0.717) is 16.8 Å². The van der Waals surface area contributed by atoms with E-state index in [0.717, 1.165) is 4.31 Å². The van der Waals surface area contributed by atoms with Gasteiger partial charge in [0.25, 0.3) is 21.6 Å². The second-order valence-electron chi connectivity index (χ2n) is 6.69. The number of nitro benzene ring substituents is 1. The van der Waals surface area contributed by atoms with Crippen LogP contribution >= 0.6 is 0 Å². The summed E-state index contributed by atoms with van der Waals surface area (Å²) in [6.45, 7) is 0. The van der Waals surface area contributed by atoms with Crippen molar-refractivity contribution in [3.05, 3.63) is 112 Å². The zero-order valence-corrected chi connectivity index (χ0v) is 16.9. The number of rotatable bonds is 5. The Hall–Kier alpha value is -4.04. The van der Waals surface area contributed by atoms with Crippen molar-refractivity contribution in [1.82, 2.24) is 0 Å². The summed E-state index contributed by atoms with van der Waals surface area (Å²) in [7, 11) is -4.07. The normalized spacial score (nSPS) is 14.9. The molecule has 0 radical (unpaired) electrons. The van der Waals surface area contributed by atoms with Gasteiger partial charge in [0.05, 0.1) is 21.1 Å². The summed E-state index contributed by atoms with van der Waals surface area (Å²) in [5.74, 6) is -0.640. The van der Waals surface area contributed by atoms with Gasteiger partial charge in [-0.1, -0.05) is 48.6 Å². The minimum Gasteiger partial charge on any atom is -0.268 e. The molecule has 4 rings (SSSR count). The number of para-hydroxylation sites is 1. The number of allylic oxidation sites excluding steroid dienone is 2.